The standard InChI is InChI=1S/C16H14BrN3O/c1-10-16(17)14(20(2)19-10)9-15(21)13-8-7-11-5-3-4-6-12(11)18-13/h3-8H,9H2,1-2H3. The molecule has 21 heavy (non-hydrogen) atoms. The van der Waals surface area contributed by atoms with Crippen LogP contribution < -0.4 is 0 Å². The van der Waals surface area contributed by atoms with E-state index in [4.69, 9.17) is 0 Å². The van der Waals surface area contributed by atoms with Gasteiger partial charge in [-0.15, -0.1) is 0 Å². The van der Waals surface area contributed by atoms with Crippen molar-refractivity contribution in [2.75, 3.05) is 0 Å². The first-order valence-corrected chi connectivity index (χ1v) is 7.42. The van der Waals surface area contributed by atoms with Gasteiger partial charge in [0.05, 0.1) is 27.8 Å². The lowest BCUT2D eigenvalue weighted by Gasteiger charge is -2.04. The normalized spacial score (nSPS) is 11.0. The molecule has 0 aliphatic carbocycles. The largest absolute Gasteiger partial charge is 0.292 e. The molecule has 4 nitrogen and oxygen atoms in total. The molecule has 0 radical (unpaired) electrons. The van der Waals surface area contributed by atoms with Crippen LogP contribution in [-0.2, 0) is 13.5 Å². The number of aromatic nitrogens is 3. The summed E-state index contributed by atoms with van der Waals surface area (Å²) in [5.41, 5.74) is 3.07. The van der Waals surface area contributed by atoms with Gasteiger partial charge in [-0.25, -0.2) is 4.98 Å². The van der Waals surface area contributed by atoms with E-state index in [1.807, 2.05) is 44.3 Å². The molecule has 0 saturated heterocycles. The molecular formula is C16H14BrN3O. The summed E-state index contributed by atoms with van der Waals surface area (Å²) < 4.78 is 2.62. The number of fused-ring (bicyclic) bond motifs is 1. The third-order valence-corrected chi connectivity index (χ3v) is 4.51. The predicted molar refractivity (Wildman–Crippen MR) is 85.4 cm³/mol. The molecule has 0 spiro atoms. The van der Waals surface area contributed by atoms with Crippen LogP contribution in [0, 0.1) is 6.92 Å². The van der Waals surface area contributed by atoms with Crippen molar-refractivity contribution in [1.29, 1.82) is 0 Å². The fraction of sp³-hybridized carbons (Fsp3) is 0.188. The van der Waals surface area contributed by atoms with E-state index in [1.54, 1.807) is 10.7 Å². The molecule has 0 bridgehead atoms. The molecule has 0 aliphatic rings. The quantitative estimate of drug-likeness (QED) is 0.684. The minimum absolute atomic E-state index is 0.00977. The van der Waals surface area contributed by atoms with E-state index in [0.29, 0.717) is 5.69 Å². The Hall–Kier alpha value is -2.01. The van der Waals surface area contributed by atoms with E-state index in [-0.39, 0.29) is 12.2 Å². The summed E-state index contributed by atoms with van der Waals surface area (Å²) in [6, 6.07) is 11.5. The molecule has 0 fully saturated rings. The van der Waals surface area contributed by atoms with Crippen LogP contribution >= 0.6 is 15.9 Å². The van der Waals surface area contributed by atoms with Crippen molar-refractivity contribution in [2.24, 2.45) is 7.05 Å². The number of ketones is 1. The second-order valence-electron chi connectivity index (χ2n) is 4.96. The first kappa shape index (κ1) is 13.9. The van der Waals surface area contributed by atoms with Crippen LogP contribution in [0.1, 0.15) is 21.9 Å². The summed E-state index contributed by atoms with van der Waals surface area (Å²) in [7, 11) is 1.84. The Morgan fingerprint density at radius 2 is 2.00 bits per heavy atom. The number of hydrogen-bond donors (Lipinski definition) is 0. The van der Waals surface area contributed by atoms with Crippen LogP contribution in [0.2, 0.25) is 0 Å². The fourth-order valence-corrected chi connectivity index (χ4v) is 2.81. The van der Waals surface area contributed by atoms with Crippen molar-refractivity contribution in [1.82, 2.24) is 14.8 Å². The number of benzene rings is 1. The third-order valence-electron chi connectivity index (χ3n) is 3.47. The SMILES string of the molecule is Cc1nn(C)c(CC(=O)c2ccc3ccccc3n2)c1Br. The van der Waals surface area contributed by atoms with Crippen molar-refractivity contribution in [2.45, 2.75) is 13.3 Å². The highest BCUT2D eigenvalue weighted by Crippen LogP contribution is 2.22. The van der Waals surface area contributed by atoms with Gasteiger partial charge in [-0.3, -0.25) is 9.48 Å². The molecule has 0 aliphatic heterocycles. The first-order valence-electron chi connectivity index (χ1n) is 6.63. The van der Waals surface area contributed by atoms with Gasteiger partial charge in [0.15, 0.2) is 5.78 Å². The number of rotatable bonds is 3. The zero-order valence-corrected chi connectivity index (χ0v) is 13.4. The highest BCUT2D eigenvalue weighted by atomic mass is 79.9. The second kappa shape index (κ2) is 5.41. The van der Waals surface area contributed by atoms with Crippen molar-refractivity contribution < 1.29 is 4.79 Å². The Kier molecular flexibility index (Phi) is 3.59. The number of carbonyl (C=O) groups is 1. The third kappa shape index (κ3) is 2.61. The Bertz CT molecular complexity index is 839. The maximum atomic E-state index is 12.4. The van der Waals surface area contributed by atoms with Crippen LogP contribution in [0.15, 0.2) is 40.9 Å². The molecule has 2 heterocycles. The number of hydrogen-bond acceptors (Lipinski definition) is 3. The summed E-state index contributed by atoms with van der Waals surface area (Å²) in [6.07, 6.45) is 0.281. The number of para-hydroxylation sites is 1. The minimum atomic E-state index is -0.00977. The molecule has 106 valence electrons. The van der Waals surface area contributed by atoms with Crippen molar-refractivity contribution in [3.8, 4) is 0 Å². The molecule has 0 atom stereocenters. The van der Waals surface area contributed by atoms with E-state index < -0.39 is 0 Å². The van der Waals surface area contributed by atoms with E-state index in [0.717, 1.165) is 26.8 Å². The van der Waals surface area contributed by atoms with Crippen molar-refractivity contribution >= 4 is 32.6 Å². The summed E-state index contributed by atoms with van der Waals surface area (Å²) in [4.78, 5) is 16.9. The smallest absolute Gasteiger partial charge is 0.187 e. The van der Waals surface area contributed by atoms with E-state index in [9.17, 15) is 4.79 Å². The number of nitrogens with zero attached hydrogens (tertiary/aromatic N) is 3. The van der Waals surface area contributed by atoms with Gasteiger partial charge < -0.3 is 0 Å². The minimum Gasteiger partial charge on any atom is -0.292 e. The summed E-state index contributed by atoms with van der Waals surface area (Å²) in [5.74, 6) is -0.00977. The molecule has 0 unspecified atom stereocenters. The van der Waals surface area contributed by atoms with Crippen LogP contribution in [-0.4, -0.2) is 20.5 Å². The Balaban J connectivity index is 1.93. The topological polar surface area (TPSA) is 47.8 Å². The van der Waals surface area contributed by atoms with E-state index in [1.165, 1.54) is 0 Å². The molecule has 0 saturated carbocycles. The Labute approximate surface area is 130 Å². The number of aryl methyl sites for hydroxylation is 2. The lowest BCUT2D eigenvalue weighted by atomic mass is 10.1. The Morgan fingerprint density at radius 3 is 2.71 bits per heavy atom. The molecular weight excluding hydrogens is 330 g/mol. The molecule has 2 aromatic heterocycles. The van der Waals surface area contributed by atoms with Gasteiger partial charge in [0, 0.05) is 12.4 Å². The molecule has 3 rings (SSSR count). The molecule has 3 aromatic rings. The summed E-state index contributed by atoms with van der Waals surface area (Å²) >= 11 is 3.49. The highest BCUT2D eigenvalue weighted by molar-refractivity contribution is 9.10. The van der Waals surface area contributed by atoms with Crippen molar-refractivity contribution in [3.05, 3.63) is 58.0 Å². The van der Waals surface area contributed by atoms with Crippen LogP contribution in [0.5, 0.6) is 0 Å². The van der Waals surface area contributed by atoms with Gasteiger partial charge in [-0.1, -0.05) is 24.3 Å². The lowest BCUT2D eigenvalue weighted by molar-refractivity contribution is 0.0986. The number of Topliss-reactive ketones (excluding diaryl/α,β-unsaturated/α-hetero) is 1. The number of carbonyl (C=O) groups excluding carboxylic acids is 1. The van der Waals surface area contributed by atoms with Gasteiger partial charge in [0.25, 0.3) is 0 Å². The maximum absolute atomic E-state index is 12.4. The maximum Gasteiger partial charge on any atom is 0.187 e. The van der Waals surface area contributed by atoms with Gasteiger partial charge in [0.2, 0.25) is 0 Å². The van der Waals surface area contributed by atoms with E-state index >= 15 is 0 Å². The molecule has 0 N–H and O–H groups in total. The predicted octanol–water partition coefficient (Wildman–Crippen LogP) is 3.46. The summed E-state index contributed by atoms with van der Waals surface area (Å²) in [6.45, 7) is 1.91. The fourth-order valence-electron chi connectivity index (χ4n) is 2.34. The van der Waals surface area contributed by atoms with E-state index in [2.05, 4.69) is 26.0 Å². The van der Waals surface area contributed by atoms with Crippen LogP contribution in [0.25, 0.3) is 10.9 Å². The second-order valence-corrected chi connectivity index (χ2v) is 5.75. The van der Waals surface area contributed by atoms with Crippen LogP contribution in [0.4, 0.5) is 0 Å². The van der Waals surface area contributed by atoms with Gasteiger partial charge in [0.1, 0.15) is 5.69 Å². The zero-order valence-electron chi connectivity index (χ0n) is 11.8. The highest BCUT2D eigenvalue weighted by Gasteiger charge is 2.16. The number of halogens is 1. The molecule has 0 amide bonds. The first-order chi connectivity index (χ1) is 10.1. The van der Waals surface area contributed by atoms with Crippen molar-refractivity contribution in [3.63, 3.8) is 0 Å². The molecule has 5 heteroatoms. The summed E-state index contributed by atoms with van der Waals surface area (Å²) in [5, 5.41) is 5.34. The van der Waals surface area contributed by atoms with Gasteiger partial charge in [-0.05, 0) is 35.0 Å². The lowest BCUT2D eigenvalue weighted by Crippen LogP contribution is -2.10. The van der Waals surface area contributed by atoms with Crippen LogP contribution in [0.3, 0.4) is 0 Å². The average Bonchev–Trinajstić information content (AvgIpc) is 2.73. The zero-order chi connectivity index (χ0) is 15.0. The average molecular weight is 344 g/mol. The monoisotopic (exact) mass is 343 g/mol. The molecule has 1 aromatic carbocycles. The Morgan fingerprint density at radius 1 is 1.24 bits per heavy atom. The number of pyridine rings is 1. The van der Waals surface area contributed by atoms with Gasteiger partial charge in [-0.2, -0.15) is 5.10 Å². The van der Waals surface area contributed by atoms with Gasteiger partial charge >= 0.3 is 0 Å².